The smallest absolute Gasteiger partial charge is 0.197 e. The lowest BCUT2D eigenvalue weighted by Crippen LogP contribution is -2.39. The van der Waals surface area contributed by atoms with Gasteiger partial charge in [-0.25, -0.2) is 0 Å². The van der Waals surface area contributed by atoms with Gasteiger partial charge in [-0.2, -0.15) is 0 Å². The molecular weight excluding hydrogens is 188 g/mol. The average Bonchev–Trinajstić information content (AvgIpc) is 2.55. The van der Waals surface area contributed by atoms with Gasteiger partial charge in [0.2, 0.25) is 0 Å². The van der Waals surface area contributed by atoms with Crippen LogP contribution in [0, 0.1) is 0 Å². The van der Waals surface area contributed by atoms with Crippen LogP contribution in [0.25, 0.3) is 0 Å². The summed E-state index contributed by atoms with van der Waals surface area (Å²) in [6.07, 6.45) is 1.90. The maximum absolute atomic E-state index is 5.92. The predicted molar refractivity (Wildman–Crippen MR) is 62.9 cm³/mol. The number of hydrogen-bond donors (Lipinski definition) is 1. The van der Waals surface area contributed by atoms with Crippen LogP contribution < -0.4 is 15.2 Å². The van der Waals surface area contributed by atoms with Gasteiger partial charge in [0.05, 0.1) is 0 Å². The number of ether oxygens (including phenoxy) is 2. The molecule has 0 unspecified atom stereocenters. The number of benzene rings is 1. The number of fused-ring (bicyclic) bond motifs is 2. The molecule has 1 aliphatic carbocycles. The summed E-state index contributed by atoms with van der Waals surface area (Å²) >= 11 is 0. The van der Waals surface area contributed by atoms with Crippen LogP contribution in [0.4, 0.5) is 0 Å². The second-order valence-electron chi connectivity index (χ2n) is 4.84. The molecule has 76 valence electrons. The molecule has 1 heterocycles. The first-order valence-corrected chi connectivity index (χ1v) is 5.33. The van der Waals surface area contributed by atoms with Crippen LogP contribution in [0.3, 0.4) is 0 Å². The van der Waals surface area contributed by atoms with Gasteiger partial charge in [-0.15, -0.1) is 0 Å². The van der Waals surface area contributed by atoms with Gasteiger partial charge < -0.3 is 15.2 Å². The molecule has 3 nitrogen and oxygen atoms in total. The van der Waals surface area contributed by atoms with Crippen LogP contribution in [0.1, 0.15) is 11.1 Å². The average molecular weight is 201 g/mol. The third-order valence-corrected chi connectivity index (χ3v) is 2.94. The maximum atomic E-state index is 5.92. The fraction of sp³-hybridized carbons (Fsp3) is 0.400. The third kappa shape index (κ3) is 1.42. The number of nitrogens with two attached hydrogens (primary N) is 1. The Morgan fingerprint density at radius 1 is 1.13 bits per heavy atom. The molecule has 0 spiro atoms. The Kier molecular flexibility index (Phi) is 1.67. The molecule has 1 aliphatic heterocycles. The first kappa shape index (κ1) is 9.16. The zero-order chi connectivity index (χ0) is 10.6. The molecule has 0 aromatic heterocycles. The van der Waals surface area contributed by atoms with Gasteiger partial charge in [0, 0.05) is 6.04 Å². The molecule has 0 amide bonds. The van der Waals surface area contributed by atoms with E-state index in [-0.39, 0.29) is 6.04 Å². The fourth-order valence-electron chi connectivity index (χ4n) is 2.37. The summed E-state index contributed by atoms with van der Waals surface area (Å²) in [5.74, 6) is 1.71. The normalized spacial score (nSPS) is 21.7. The Labute approximate surface area is 90.8 Å². The summed E-state index contributed by atoms with van der Waals surface area (Å²) in [5.41, 5.74) is 8.00. The van der Waals surface area contributed by atoms with Crippen LogP contribution >= 0.6 is 0 Å². The molecular formula is C10H13B2NO2. The highest BCUT2D eigenvalue weighted by atomic mass is 16.7. The lowest BCUT2D eigenvalue weighted by atomic mass is 9.76. The first-order valence-electron chi connectivity index (χ1n) is 5.33. The van der Waals surface area contributed by atoms with Crippen LogP contribution in [-0.2, 0) is 12.8 Å². The molecule has 1 aromatic carbocycles. The van der Waals surface area contributed by atoms with Gasteiger partial charge >= 0.3 is 0 Å². The van der Waals surface area contributed by atoms with Crippen molar-refractivity contribution in [2.45, 2.75) is 24.5 Å². The van der Waals surface area contributed by atoms with Crippen LogP contribution in [-0.4, -0.2) is 27.3 Å². The standard InChI is InChI=1S/C10H13B2NO2/c11-10(12)14-8-3-5-1-7(13)2-6(5)4-9(8)15-10/h3-4,7H,1-2,11-13H2. The van der Waals surface area contributed by atoms with Gasteiger partial charge in [-0.05, 0) is 36.1 Å². The van der Waals surface area contributed by atoms with E-state index in [0.29, 0.717) is 0 Å². The van der Waals surface area contributed by atoms with E-state index in [1.54, 1.807) is 0 Å². The molecule has 2 aliphatic rings. The van der Waals surface area contributed by atoms with Crippen molar-refractivity contribution in [1.29, 1.82) is 0 Å². The highest BCUT2D eigenvalue weighted by molar-refractivity contribution is 6.38. The van der Waals surface area contributed by atoms with Crippen LogP contribution in [0.2, 0.25) is 0 Å². The van der Waals surface area contributed by atoms with Crippen molar-refractivity contribution in [3.05, 3.63) is 23.3 Å². The lowest BCUT2D eigenvalue weighted by molar-refractivity contribution is 0.0833. The molecule has 0 saturated heterocycles. The zero-order valence-corrected chi connectivity index (χ0v) is 9.04. The quantitative estimate of drug-likeness (QED) is 0.534. The van der Waals surface area contributed by atoms with E-state index in [9.17, 15) is 0 Å². The zero-order valence-electron chi connectivity index (χ0n) is 9.04. The molecule has 0 radical (unpaired) electrons. The first-order chi connectivity index (χ1) is 7.03. The van der Waals surface area contributed by atoms with Gasteiger partial charge in [-0.3, -0.25) is 0 Å². The Bertz CT molecular complexity index is 397. The second kappa shape index (κ2) is 2.73. The minimum absolute atomic E-state index is 0.260. The highest BCUT2D eigenvalue weighted by Gasteiger charge is 2.33. The number of rotatable bonds is 0. The van der Waals surface area contributed by atoms with Crippen molar-refractivity contribution in [2.75, 3.05) is 0 Å². The Morgan fingerprint density at radius 3 is 2.07 bits per heavy atom. The van der Waals surface area contributed by atoms with Crippen molar-refractivity contribution in [3.8, 4) is 11.5 Å². The van der Waals surface area contributed by atoms with E-state index < -0.39 is 5.59 Å². The summed E-state index contributed by atoms with van der Waals surface area (Å²) in [4.78, 5) is 0. The Hall–Kier alpha value is -1.09. The van der Waals surface area contributed by atoms with Crippen LogP contribution in [0.15, 0.2) is 12.1 Å². The molecule has 0 atom stereocenters. The Morgan fingerprint density at radius 2 is 1.60 bits per heavy atom. The summed E-state index contributed by atoms with van der Waals surface area (Å²) in [6, 6.07) is 4.41. The molecule has 0 fully saturated rings. The summed E-state index contributed by atoms with van der Waals surface area (Å²) in [5, 5.41) is 0. The molecule has 0 bridgehead atoms. The molecule has 0 saturated carbocycles. The van der Waals surface area contributed by atoms with Crippen LogP contribution in [0.5, 0.6) is 11.5 Å². The monoisotopic (exact) mass is 201 g/mol. The lowest BCUT2D eigenvalue weighted by Gasteiger charge is -2.17. The molecule has 2 N–H and O–H groups in total. The van der Waals surface area contributed by atoms with Crippen molar-refractivity contribution in [1.82, 2.24) is 0 Å². The van der Waals surface area contributed by atoms with Crippen molar-refractivity contribution >= 4 is 15.7 Å². The van der Waals surface area contributed by atoms with Crippen molar-refractivity contribution in [2.24, 2.45) is 5.73 Å². The molecule has 1 aromatic rings. The van der Waals surface area contributed by atoms with E-state index >= 15 is 0 Å². The van der Waals surface area contributed by atoms with E-state index in [1.165, 1.54) is 11.1 Å². The minimum atomic E-state index is -0.528. The van der Waals surface area contributed by atoms with Gasteiger partial charge in [0.1, 0.15) is 0 Å². The van der Waals surface area contributed by atoms with Crippen molar-refractivity contribution < 1.29 is 9.47 Å². The number of hydrogen-bond acceptors (Lipinski definition) is 3. The van der Waals surface area contributed by atoms with E-state index in [1.807, 2.05) is 15.7 Å². The molecule has 5 heteroatoms. The second-order valence-corrected chi connectivity index (χ2v) is 4.84. The maximum Gasteiger partial charge on any atom is 0.197 e. The fourth-order valence-corrected chi connectivity index (χ4v) is 2.37. The Balaban J connectivity index is 2.03. The summed E-state index contributed by atoms with van der Waals surface area (Å²) < 4.78 is 11.4. The van der Waals surface area contributed by atoms with E-state index in [0.717, 1.165) is 24.3 Å². The van der Waals surface area contributed by atoms with Gasteiger partial charge in [0.15, 0.2) is 32.8 Å². The van der Waals surface area contributed by atoms with Gasteiger partial charge in [0.25, 0.3) is 0 Å². The molecule has 3 rings (SSSR count). The predicted octanol–water partition coefficient (Wildman–Crippen LogP) is -1.24. The third-order valence-electron chi connectivity index (χ3n) is 2.94. The topological polar surface area (TPSA) is 44.5 Å². The van der Waals surface area contributed by atoms with E-state index in [4.69, 9.17) is 15.2 Å². The molecule has 15 heavy (non-hydrogen) atoms. The highest BCUT2D eigenvalue weighted by Crippen LogP contribution is 2.41. The van der Waals surface area contributed by atoms with Gasteiger partial charge in [-0.1, -0.05) is 0 Å². The summed E-state index contributed by atoms with van der Waals surface area (Å²) in [6.45, 7) is 0. The SMILES string of the molecule is BC1(B)Oc2cc3c(cc2O1)CC(N)C3. The largest absolute Gasteiger partial charge is 0.467 e. The van der Waals surface area contributed by atoms with Crippen molar-refractivity contribution in [3.63, 3.8) is 0 Å². The summed E-state index contributed by atoms with van der Waals surface area (Å²) in [7, 11) is 3.84. The minimum Gasteiger partial charge on any atom is -0.467 e. The van der Waals surface area contributed by atoms with E-state index in [2.05, 4.69) is 12.1 Å².